The molecule has 0 saturated carbocycles. The zero-order valence-corrected chi connectivity index (χ0v) is 13.0. The van der Waals surface area contributed by atoms with E-state index in [9.17, 15) is 9.59 Å². The Morgan fingerprint density at radius 1 is 1.27 bits per heavy atom. The molecule has 2 fully saturated rings. The Hall–Kier alpha value is -1.99. The van der Waals surface area contributed by atoms with Gasteiger partial charge in [-0.15, -0.1) is 0 Å². The van der Waals surface area contributed by atoms with Crippen molar-refractivity contribution in [3.8, 4) is 5.75 Å². The van der Waals surface area contributed by atoms with E-state index in [1.54, 1.807) is 13.2 Å². The Morgan fingerprint density at radius 3 is 2.68 bits per heavy atom. The average molecular weight is 319 g/mol. The van der Waals surface area contributed by atoms with Gasteiger partial charge in [-0.25, -0.2) is 0 Å². The minimum absolute atomic E-state index is 0.331. The Labute approximate surface area is 132 Å². The first-order chi connectivity index (χ1) is 10.7. The molecule has 0 bridgehead atoms. The van der Waals surface area contributed by atoms with Gasteiger partial charge >= 0.3 is 0 Å². The summed E-state index contributed by atoms with van der Waals surface area (Å²) in [5.41, 5.74) is 1.85. The largest absolute Gasteiger partial charge is 0.495 e. The molecule has 1 aromatic carbocycles. The van der Waals surface area contributed by atoms with Crippen molar-refractivity contribution in [2.24, 2.45) is 0 Å². The van der Waals surface area contributed by atoms with Crippen molar-refractivity contribution >= 4 is 34.7 Å². The number of ether oxygens (including phenoxy) is 1. The molecule has 0 aliphatic carbocycles. The molecule has 2 aliphatic heterocycles. The average Bonchev–Trinajstić information content (AvgIpc) is 2.85. The third-order valence-corrected chi connectivity index (χ3v) is 4.42. The molecule has 3 rings (SSSR count). The molecular formula is C15H17N3O3S. The number of hydrogen-bond acceptors (Lipinski definition) is 6. The molecule has 7 heteroatoms. The van der Waals surface area contributed by atoms with Gasteiger partial charge in [0.05, 0.1) is 17.7 Å². The Bertz CT molecular complexity index is 639. The van der Waals surface area contributed by atoms with Crippen LogP contribution in [0.3, 0.4) is 0 Å². The number of rotatable bonds is 3. The van der Waals surface area contributed by atoms with Crippen LogP contribution in [-0.4, -0.2) is 44.4 Å². The van der Waals surface area contributed by atoms with Gasteiger partial charge in [0.25, 0.3) is 11.1 Å². The summed E-state index contributed by atoms with van der Waals surface area (Å²) in [6, 6.07) is 5.73. The predicted molar refractivity (Wildman–Crippen MR) is 87.2 cm³/mol. The fourth-order valence-electron chi connectivity index (χ4n) is 2.61. The van der Waals surface area contributed by atoms with Gasteiger partial charge in [-0.1, -0.05) is 12.1 Å². The number of methoxy groups -OCH3 is 1. The summed E-state index contributed by atoms with van der Waals surface area (Å²) in [5.74, 6) is 0.426. The summed E-state index contributed by atoms with van der Waals surface area (Å²) in [7, 11) is 1.64. The normalized spacial score (nSPS) is 20.4. The van der Waals surface area contributed by atoms with Gasteiger partial charge in [0, 0.05) is 31.7 Å². The number of imide groups is 1. The number of carbonyl (C=O) groups excluding carboxylic acids is 2. The van der Waals surface area contributed by atoms with E-state index >= 15 is 0 Å². The minimum Gasteiger partial charge on any atom is -0.495 e. The van der Waals surface area contributed by atoms with E-state index < -0.39 is 0 Å². The maximum atomic E-state index is 11.8. The highest BCUT2D eigenvalue weighted by molar-refractivity contribution is 8.18. The van der Waals surface area contributed by atoms with Crippen molar-refractivity contribution in [3.63, 3.8) is 0 Å². The van der Waals surface area contributed by atoms with Crippen molar-refractivity contribution in [1.29, 1.82) is 0 Å². The molecule has 2 saturated heterocycles. The molecule has 0 spiro atoms. The summed E-state index contributed by atoms with van der Waals surface area (Å²) in [5, 5.41) is 5.26. The quantitative estimate of drug-likeness (QED) is 0.821. The van der Waals surface area contributed by atoms with Crippen molar-refractivity contribution < 1.29 is 14.3 Å². The number of amides is 2. The van der Waals surface area contributed by atoms with E-state index in [0.717, 1.165) is 54.9 Å². The molecule has 2 heterocycles. The number of nitrogens with zero attached hydrogens (tertiary/aromatic N) is 1. The van der Waals surface area contributed by atoms with Crippen LogP contribution in [-0.2, 0) is 4.79 Å². The lowest BCUT2D eigenvalue weighted by Gasteiger charge is -2.31. The van der Waals surface area contributed by atoms with E-state index in [1.165, 1.54) is 0 Å². The summed E-state index contributed by atoms with van der Waals surface area (Å²) < 4.78 is 5.49. The molecule has 0 radical (unpaired) electrons. The number of carbonyl (C=O) groups is 2. The van der Waals surface area contributed by atoms with E-state index in [2.05, 4.69) is 15.5 Å². The van der Waals surface area contributed by atoms with Crippen molar-refractivity contribution in [2.75, 3.05) is 38.2 Å². The van der Waals surface area contributed by atoms with Gasteiger partial charge in [-0.05, 0) is 23.9 Å². The van der Waals surface area contributed by atoms with Crippen LogP contribution in [0.5, 0.6) is 5.75 Å². The molecule has 2 N–H and O–H groups in total. The maximum Gasteiger partial charge on any atom is 0.290 e. The lowest BCUT2D eigenvalue weighted by Crippen LogP contribution is -2.43. The van der Waals surface area contributed by atoms with Gasteiger partial charge in [0.1, 0.15) is 5.75 Å². The van der Waals surface area contributed by atoms with Gasteiger partial charge in [-0.2, -0.15) is 0 Å². The van der Waals surface area contributed by atoms with E-state index in [4.69, 9.17) is 4.74 Å². The second-order valence-electron chi connectivity index (χ2n) is 4.99. The second kappa shape index (κ2) is 6.41. The molecule has 6 nitrogen and oxygen atoms in total. The highest BCUT2D eigenvalue weighted by Gasteiger charge is 2.26. The zero-order valence-electron chi connectivity index (χ0n) is 12.2. The lowest BCUT2D eigenvalue weighted by atomic mass is 10.1. The molecule has 1 aromatic rings. The number of benzene rings is 1. The van der Waals surface area contributed by atoms with Gasteiger partial charge < -0.3 is 15.0 Å². The Balaban J connectivity index is 2.01. The van der Waals surface area contributed by atoms with E-state index in [-0.39, 0.29) is 11.1 Å². The first-order valence-corrected chi connectivity index (χ1v) is 7.88. The van der Waals surface area contributed by atoms with Gasteiger partial charge in [0.15, 0.2) is 0 Å². The Morgan fingerprint density at radius 2 is 2.05 bits per heavy atom. The highest BCUT2D eigenvalue weighted by atomic mass is 32.2. The van der Waals surface area contributed by atoms with Crippen LogP contribution < -0.4 is 20.3 Å². The zero-order chi connectivity index (χ0) is 15.5. The molecule has 0 unspecified atom stereocenters. The maximum absolute atomic E-state index is 11.8. The fraction of sp³-hybridized carbons (Fsp3) is 0.333. The first kappa shape index (κ1) is 14.9. The molecule has 116 valence electrons. The van der Waals surface area contributed by atoms with Crippen LogP contribution in [0.25, 0.3) is 6.08 Å². The first-order valence-electron chi connectivity index (χ1n) is 7.06. The van der Waals surface area contributed by atoms with Gasteiger partial charge in [-0.3, -0.25) is 14.9 Å². The number of nitrogens with one attached hydrogen (secondary N) is 2. The number of anilines is 1. The van der Waals surface area contributed by atoms with Crippen molar-refractivity contribution in [1.82, 2.24) is 10.6 Å². The fourth-order valence-corrected chi connectivity index (χ4v) is 3.28. The van der Waals surface area contributed by atoms with Crippen LogP contribution in [0.15, 0.2) is 23.1 Å². The van der Waals surface area contributed by atoms with Crippen LogP contribution >= 0.6 is 11.8 Å². The third kappa shape index (κ3) is 2.95. The van der Waals surface area contributed by atoms with E-state index in [1.807, 2.05) is 18.2 Å². The SMILES string of the molecule is COc1cccc(/C=C2\SC(=O)NC2=O)c1N1CCNCC1. The van der Waals surface area contributed by atoms with Gasteiger partial charge in [0.2, 0.25) is 0 Å². The minimum atomic E-state index is -0.343. The summed E-state index contributed by atoms with van der Waals surface area (Å²) >= 11 is 0.927. The summed E-state index contributed by atoms with van der Waals surface area (Å²) in [4.78, 5) is 25.7. The Kier molecular flexibility index (Phi) is 4.35. The second-order valence-corrected chi connectivity index (χ2v) is 6.00. The number of hydrogen-bond donors (Lipinski definition) is 2. The van der Waals surface area contributed by atoms with E-state index in [0.29, 0.717) is 4.91 Å². The number of thioether (sulfide) groups is 1. The molecule has 0 aromatic heterocycles. The molecule has 22 heavy (non-hydrogen) atoms. The third-order valence-electron chi connectivity index (χ3n) is 3.61. The molecular weight excluding hydrogens is 302 g/mol. The number of para-hydroxylation sites is 1. The predicted octanol–water partition coefficient (Wildman–Crippen LogP) is 1.43. The van der Waals surface area contributed by atoms with Crippen molar-refractivity contribution in [3.05, 3.63) is 28.7 Å². The van der Waals surface area contributed by atoms with Crippen LogP contribution in [0.2, 0.25) is 0 Å². The highest BCUT2D eigenvalue weighted by Crippen LogP contribution is 2.36. The monoisotopic (exact) mass is 319 g/mol. The van der Waals surface area contributed by atoms with Crippen LogP contribution in [0.4, 0.5) is 10.5 Å². The van der Waals surface area contributed by atoms with Crippen LogP contribution in [0.1, 0.15) is 5.56 Å². The molecule has 2 aliphatic rings. The topological polar surface area (TPSA) is 70.7 Å². The summed E-state index contributed by atoms with van der Waals surface area (Å²) in [6.07, 6.45) is 1.75. The molecule has 0 atom stereocenters. The standard InChI is InChI=1S/C15H17N3O3S/c1-21-11-4-2-3-10(9-12-14(19)17-15(20)22-12)13(11)18-7-5-16-6-8-18/h2-4,9,16H,5-8H2,1H3,(H,17,19,20)/b12-9-. The smallest absolute Gasteiger partial charge is 0.290 e. The lowest BCUT2D eigenvalue weighted by molar-refractivity contribution is -0.115. The van der Waals surface area contributed by atoms with Crippen molar-refractivity contribution in [2.45, 2.75) is 0 Å². The summed E-state index contributed by atoms with van der Waals surface area (Å²) in [6.45, 7) is 3.55. The van der Waals surface area contributed by atoms with Crippen LogP contribution in [0, 0.1) is 0 Å². The number of piperazine rings is 1. The molecule has 2 amide bonds.